The van der Waals surface area contributed by atoms with Gasteiger partial charge in [-0.1, -0.05) is 6.08 Å². The molecule has 0 amide bonds. The van der Waals surface area contributed by atoms with Crippen LogP contribution in [-0.2, 0) is 9.59 Å². The molecule has 0 aromatic carbocycles. The molecule has 1 heterocycles. The second kappa shape index (κ2) is 5.09. The van der Waals surface area contributed by atoms with Gasteiger partial charge in [-0.25, -0.2) is 14.6 Å². The maximum Gasteiger partial charge on any atom is 0.362 e. The van der Waals surface area contributed by atoms with Gasteiger partial charge in [-0.2, -0.15) is 0 Å². The molecule has 94 valence electrons. The fourth-order valence-corrected chi connectivity index (χ4v) is 2.18. The van der Waals surface area contributed by atoms with Crippen molar-refractivity contribution in [2.75, 3.05) is 19.6 Å². The van der Waals surface area contributed by atoms with Crippen LogP contribution in [-0.4, -0.2) is 58.1 Å². The van der Waals surface area contributed by atoms with E-state index >= 15 is 0 Å². The molecule has 2 N–H and O–H groups in total. The van der Waals surface area contributed by atoms with E-state index in [-0.39, 0.29) is 11.0 Å². The highest BCUT2D eigenvalue weighted by molar-refractivity contribution is 5.84. The number of quaternary nitrogens is 1. The first-order valence-electron chi connectivity index (χ1n) is 5.40. The Morgan fingerprint density at radius 1 is 1.59 bits per heavy atom. The summed E-state index contributed by atoms with van der Waals surface area (Å²) < 4.78 is -0.101. The second-order valence-corrected chi connectivity index (χ2v) is 4.11. The fourth-order valence-electron chi connectivity index (χ4n) is 2.18. The number of hydrogen-bond donors (Lipinski definition) is 2. The summed E-state index contributed by atoms with van der Waals surface area (Å²) in [5, 5.41) is 18.1. The third-order valence-corrected chi connectivity index (χ3v) is 3.15. The lowest BCUT2D eigenvalue weighted by atomic mass is 10.1. The molecule has 17 heavy (non-hydrogen) atoms. The van der Waals surface area contributed by atoms with Crippen LogP contribution < -0.4 is 0 Å². The number of carboxylic acids is 2. The third kappa shape index (κ3) is 2.52. The van der Waals surface area contributed by atoms with Gasteiger partial charge in [0.05, 0.1) is 13.0 Å². The Morgan fingerprint density at radius 3 is 2.71 bits per heavy atom. The minimum atomic E-state index is -1.02. The summed E-state index contributed by atoms with van der Waals surface area (Å²) in [4.78, 5) is 26.3. The van der Waals surface area contributed by atoms with Crippen LogP contribution in [0, 0.1) is 0 Å². The summed E-state index contributed by atoms with van der Waals surface area (Å²) in [6.07, 6.45) is 2.04. The molecular weight excluding hydrogens is 224 g/mol. The molecule has 0 aliphatic carbocycles. The third-order valence-electron chi connectivity index (χ3n) is 3.15. The molecular formula is C11H17N2O4+. The molecule has 2 unspecified atom stereocenters. The zero-order valence-electron chi connectivity index (χ0n) is 9.80. The predicted molar refractivity (Wildman–Crippen MR) is 61.8 cm³/mol. The first kappa shape index (κ1) is 13.4. The Balaban J connectivity index is 3.09. The van der Waals surface area contributed by atoms with Crippen molar-refractivity contribution in [1.82, 2.24) is 0 Å². The van der Waals surface area contributed by atoms with E-state index < -0.39 is 18.0 Å². The van der Waals surface area contributed by atoms with E-state index in [0.29, 0.717) is 25.3 Å². The van der Waals surface area contributed by atoms with Crippen LogP contribution in [0.3, 0.4) is 0 Å². The van der Waals surface area contributed by atoms with Crippen LogP contribution in [0.5, 0.6) is 0 Å². The molecule has 1 rings (SSSR count). The molecule has 2 atom stereocenters. The van der Waals surface area contributed by atoms with Gasteiger partial charge >= 0.3 is 11.9 Å². The summed E-state index contributed by atoms with van der Waals surface area (Å²) in [7, 11) is 0. The van der Waals surface area contributed by atoms with Gasteiger partial charge in [0, 0.05) is 0 Å². The minimum absolute atomic E-state index is 0.101. The van der Waals surface area contributed by atoms with E-state index in [2.05, 4.69) is 11.6 Å². The largest absolute Gasteiger partial charge is 0.477 e. The molecule has 1 aliphatic rings. The highest BCUT2D eigenvalue weighted by Crippen LogP contribution is 2.23. The maximum absolute atomic E-state index is 11.1. The van der Waals surface area contributed by atoms with E-state index in [0.717, 1.165) is 0 Å². The lowest BCUT2D eigenvalue weighted by Gasteiger charge is -2.36. The highest BCUT2D eigenvalue weighted by Gasteiger charge is 2.47. The first-order valence-corrected chi connectivity index (χ1v) is 5.40. The summed E-state index contributed by atoms with van der Waals surface area (Å²) in [6, 6.07) is -0.813. The number of carbonyl (C=O) groups is 2. The number of carboxylic acid groups (broad SMARTS) is 2. The van der Waals surface area contributed by atoms with Gasteiger partial charge in [0.15, 0.2) is 12.6 Å². The van der Waals surface area contributed by atoms with Crippen LogP contribution in [0.15, 0.2) is 17.6 Å². The van der Waals surface area contributed by atoms with Gasteiger partial charge in [-0.05, 0) is 6.92 Å². The van der Waals surface area contributed by atoms with E-state index in [1.54, 1.807) is 6.08 Å². The fraction of sp³-hybridized carbons (Fsp3) is 0.545. The molecule has 6 heteroatoms. The van der Waals surface area contributed by atoms with Crippen molar-refractivity contribution in [2.24, 2.45) is 4.99 Å². The average molecular weight is 241 g/mol. The summed E-state index contributed by atoms with van der Waals surface area (Å²) in [5.41, 5.74) is 0. The van der Waals surface area contributed by atoms with Gasteiger partial charge in [0.25, 0.3) is 0 Å². The van der Waals surface area contributed by atoms with Crippen LogP contribution in [0.1, 0.15) is 13.3 Å². The number of aliphatic carboxylic acids is 2. The molecule has 0 spiro atoms. The van der Waals surface area contributed by atoms with Crippen molar-refractivity contribution < 1.29 is 24.3 Å². The molecule has 0 radical (unpaired) electrons. The lowest BCUT2D eigenvalue weighted by molar-refractivity contribution is -0.844. The number of nitrogens with zero attached hydrogens (tertiary/aromatic N) is 2. The Labute approximate surface area is 99.5 Å². The monoisotopic (exact) mass is 241 g/mol. The number of rotatable bonds is 6. The van der Waals surface area contributed by atoms with Crippen molar-refractivity contribution in [1.29, 1.82) is 0 Å². The molecule has 0 bridgehead atoms. The average Bonchev–Trinajstić information content (AvgIpc) is 2.61. The number of hydrogen-bond acceptors (Lipinski definition) is 3. The van der Waals surface area contributed by atoms with E-state index in [1.165, 1.54) is 6.92 Å². The van der Waals surface area contributed by atoms with Crippen molar-refractivity contribution in [3.8, 4) is 0 Å². The molecule has 0 aromatic rings. The van der Waals surface area contributed by atoms with Crippen LogP contribution in [0.4, 0.5) is 0 Å². The Morgan fingerprint density at radius 2 is 2.24 bits per heavy atom. The van der Waals surface area contributed by atoms with Crippen molar-refractivity contribution in [3.05, 3.63) is 12.7 Å². The second-order valence-electron chi connectivity index (χ2n) is 4.11. The van der Waals surface area contributed by atoms with Gasteiger partial charge in [0.1, 0.15) is 6.54 Å². The van der Waals surface area contributed by atoms with E-state index in [4.69, 9.17) is 10.2 Å². The summed E-state index contributed by atoms with van der Waals surface area (Å²) in [5.74, 6) is -1.43. The van der Waals surface area contributed by atoms with Gasteiger partial charge in [-0.3, -0.25) is 4.48 Å². The molecule has 0 fully saturated rings. The van der Waals surface area contributed by atoms with Crippen LogP contribution >= 0.6 is 0 Å². The normalized spacial score (nSPS) is 25.1. The summed E-state index contributed by atoms with van der Waals surface area (Å²) >= 11 is 0. The molecule has 0 aromatic heterocycles. The predicted octanol–water partition coefficient (Wildman–Crippen LogP) is 0.349. The van der Waals surface area contributed by atoms with Crippen LogP contribution in [0.25, 0.3) is 0 Å². The lowest BCUT2D eigenvalue weighted by Crippen LogP contribution is -2.61. The minimum Gasteiger partial charge on any atom is -0.477 e. The molecule has 1 aliphatic heterocycles. The van der Waals surface area contributed by atoms with E-state index in [1.807, 2.05) is 0 Å². The Bertz CT molecular complexity index is 378. The van der Waals surface area contributed by atoms with Crippen molar-refractivity contribution in [3.63, 3.8) is 0 Å². The number of aliphatic imine (C=N–C) groups is 1. The molecule has 0 saturated heterocycles. The van der Waals surface area contributed by atoms with Crippen molar-refractivity contribution in [2.45, 2.75) is 19.4 Å². The Kier molecular flexibility index (Phi) is 4.01. The smallest absolute Gasteiger partial charge is 0.362 e. The van der Waals surface area contributed by atoms with E-state index in [9.17, 15) is 9.59 Å². The standard InChI is InChI=1S/C11H16N2O4/c1-3-4-9-12-5-6-13(9,7-10(14)15)8(2)11(16)17/h3,8H,1,4-7H2,2H3,(H-,14,15,16,17)/p+1. The van der Waals surface area contributed by atoms with Gasteiger partial charge in [0.2, 0.25) is 5.84 Å². The van der Waals surface area contributed by atoms with Gasteiger partial charge in [-0.15, -0.1) is 6.58 Å². The summed E-state index contributed by atoms with van der Waals surface area (Å²) in [6.45, 7) is 5.75. The zero-order chi connectivity index (χ0) is 13.1. The van der Waals surface area contributed by atoms with Gasteiger partial charge < -0.3 is 10.2 Å². The maximum atomic E-state index is 11.1. The molecule has 0 saturated carbocycles. The topological polar surface area (TPSA) is 87.0 Å². The first-order chi connectivity index (χ1) is 7.94. The van der Waals surface area contributed by atoms with Crippen molar-refractivity contribution >= 4 is 17.8 Å². The number of amidine groups is 1. The highest BCUT2D eigenvalue weighted by atomic mass is 16.4. The SMILES string of the molecule is C=CCC1=NCC[N+]1(CC(=O)O)C(C)C(=O)O. The van der Waals surface area contributed by atoms with Crippen LogP contribution in [0.2, 0.25) is 0 Å². The zero-order valence-corrected chi connectivity index (χ0v) is 9.80. The Hall–Kier alpha value is -1.69. The molecule has 6 nitrogen and oxygen atoms in total. The quantitative estimate of drug-likeness (QED) is 0.519.